The molecule has 0 radical (unpaired) electrons. The Balaban J connectivity index is 2.70. The molecule has 0 aromatic heterocycles. The summed E-state index contributed by atoms with van der Waals surface area (Å²) in [5, 5.41) is 28.4. The average Bonchev–Trinajstić information content (AvgIpc) is 2.46. The molecule has 2 aromatic carbocycles. The number of aromatic hydroxyl groups is 2. The third kappa shape index (κ3) is 2.64. The van der Waals surface area contributed by atoms with Crippen LogP contribution in [0, 0.1) is 0 Å². The van der Waals surface area contributed by atoms with Crippen LogP contribution in [-0.4, -0.2) is 34.2 Å². The lowest BCUT2D eigenvalue weighted by Crippen LogP contribution is -2.12. The van der Waals surface area contributed by atoms with E-state index in [1.54, 1.807) is 6.07 Å². The number of ether oxygens (including phenoxy) is 1. The Morgan fingerprint density at radius 1 is 1.05 bits per heavy atom. The van der Waals surface area contributed by atoms with E-state index in [0.717, 1.165) is 12.1 Å². The zero-order valence-electron chi connectivity index (χ0n) is 11.0. The second-order valence-corrected chi connectivity index (χ2v) is 4.22. The third-order valence-electron chi connectivity index (χ3n) is 2.91. The minimum atomic E-state index is -1.39. The van der Waals surface area contributed by atoms with Gasteiger partial charge in [-0.25, -0.2) is 4.79 Å². The molecule has 0 spiro atoms. The van der Waals surface area contributed by atoms with E-state index in [4.69, 9.17) is 4.74 Å². The number of carbonyl (C=O) groups is 2. The summed E-state index contributed by atoms with van der Waals surface area (Å²) in [4.78, 5) is 23.8. The molecule has 0 saturated heterocycles. The van der Waals surface area contributed by atoms with Crippen LogP contribution >= 0.6 is 0 Å². The molecule has 0 fully saturated rings. The molecule has 2 rings (SSSR count). The van der Waals surface area contributed by atoms with Crippen LogP contribution in [0.15, 0.2) is 36.4 Å². The van der Waals surface area contributed by atoms with E-state index >= 15 is 0 Å². The molecule has 0 aliphatic rings. The van der Waals surface area contributed by atoms with E-state index in [-0.39, 0.29) is 28.4 Å². The number of rotatable bonds is 4. The number of carbonyl (C=O) groups excluding carboxylic acids is 1. The summed E-state index contributed by atoms with van der Waals surface area (Å²) in [6, 6.07) is 7.87. The van der Waals surface area contributed by atoms with Crippen molar-refractivity contribution in [3.8, 4) is 17.2 Å². The highest BCUT2D eigenvalue weighted by molar-refractivity contribution is 6.17. The van der Waals surface area contributed by atoms with Gasteiger partial charge in [0.1, 0.15) is 17.2 Å². The largest absolute Gasteiger partial charge is 0.508 e. The van der Waals surface area contributed by atoms with Gasteiger partial charge in [-0.3, -0.25) is 4.79 Å². The van der Waals surface area contributed by atoms with Gasteiger partial charge in [-0.1, -0.05) is 12.1 Å². The monoisotopic (exact) mass is 288 g/mol. The Bertz CT molecular complexity index is 720. The molecule has 108 valence electrons. The van der Waals surface area contributed by atoms with Crippen LogP contribution in [0.5, 0.6) is 17.2 Å². The molecule has 0 saturated carbocycles. The van der Waals surface area contributed by atoms with Gasteiger partial charge < -0.3 is 20.1 Å². The number of ketones is 1. The molecule has 0 bridgehead atoms. The van der Waals surface area contributed by atoms with E-state index in [1.807, 2.05) is 0 Å². The SMILES string of the molecule is COc1cc(O)cc(C(=O)O)c1C(=O)c1ccccc1O. The van der Waals surface area contributed by atoms with E-state index < -0.39 is 17.3 Å². The highest BCUT2D eigenvalue weighted by Crippen LogP contribution is 2.32. The van der Waals surface area contributed by atoms with Gasteiger partial charge in [-0.05, 0) is 18.2 Å². The number of carboxylic acid groups (broad SMARTS) is 1. The minimum Gasteiger partial charge on any atom is -0.508 e. The Kier molecular flexibility index (Phi) is 3.80. The molecule has 0 aliphatic heterocycles. The fourth-order valence-corrected chi connectivity index (χ4v) is 1.97. The Morgan fingerprint density at radius 3 is 2.29 bits per heavy atom. The van der Waals surface area contributed by atoms with Crippen LogP contribution in [0.2, 0.25) is 0 Å². The van der Waals surface area contributed by atoms with Gasteiger partial charge in [-0.2, -0.15) is 0 Å². The lowest BCUT2D eigenvalue weighted by atomic mass is 9.96. The highest BCUT2D eigenvalue weighted by atomic mass is 16.5. The molecule has 0 atom stereocenters. The van der Waals surface area contributed by atoms with Crippen LogP contribution in [0.1, 0.15) is 26.3 Å². The van der Waals surface area contributed by atoms with Crippen molar-refractivity contribution in [2.45, 2.75) is 0 Å². The van der Waals surface area contributed by atoms with Crippen LogP contribution in [0.25, 0.3) is 0 Å². The van der Waals surface area contributed by atoms with Crippen molar-refractivity contribution in [3.05, 3.63) is 53.1 Å². The standard InChI is InChI=1S/C15H12O6/c1-21-12-7-8(16)6-10(15(19)20)13(12)14(18)9-4-2-3-5-11(9)17/h2-7,16-17H,1H3,(H,19,20). The smallest absolute Gasteiger partial charge is 0.336 e. The zero-order chi connectivity index (χ0) is 15.6. The van der Waals surface area contributed by atoms with E-state index in [2.05, 4.69) is 0 Å². The van der Waals surface area contributed by atoms with Gasteiger partial charge in [0.15, 0.2) is 0 Å². The van der Waals surface area contributed by atoms with Gasteiger partial charge in [-0.15, -0.1) is 0 Å². The van der Waals surface area contributed by atoms with Crippen LogP contribution in [-0.2, 0) is 0 Å². The van der Waals surface area contributed by atoms with Crippen molar-refractivity contribution in [2.24, 2.45) is 0 Å². The quantitative estimate of drug-likeness (QED) is 0.744. The molecule has 6 heteroatoms. The molecule has 6 nitrogen and oxygen atoms in total. The van der Waals surface area contributed by atoms with Crippen molar-refractivity contribution in [3.63, 3.8) is 0 Å². The molecule has 2 aromatic rings. The molecule has 0 aliphatic carbocycles. The highest BCUT2D eigenvalue weighted by Gasteiger charge is 2.25. The van der Waals surface area contributed by atoms with Crippen LogP contribution in [0.3, 0.4) is 0 Å². The number of phenols is 2. The van der Waals surface area contributed by atoms with Gasteiger partial charge in [0.25, 0.3) is 0 Å². The van der Waals surface area contributed by atoms with E-state index in [1.165, 1.54) is 25.3 Å². The first kappa shape index (κ1) is 14.4. The number of methoxy groups -OCH3 is 1. The fourth-order valence-electron chi connectivity index (χ4n) is 1.97. The number of aromatic carboxylic acids is 1. The summed E-state index contributed by atoms with van der Waals surface area (Å²) in [6.07, 6.45) is 0. The summed E-state index contributed by atoms with van der Waals surface area (Å²) in [6.45, 7) is 0. The van der Waals surface area contributed by atoms with Crippen molar-refractivity contribution in [2.75, 3.05) is 7.11 Å². The first-order valence-corrected chi connectivity index (χ1v) is 5.92. The summed E-state index contributed by atoms with van der Waals surface area (Å²) in [5.41, 5.74) is -0.687. The Labute approximate surface area is 119 Å². The molecular weight excluding hydrogens is 276 g/mol. The second kappa shape index (κ2) is 5.54. The van der Waals surface area contributed by atoms with Crippen LogP contribution < -0.4 is 4.74 Å². The number of para-hydroxylation sites is 1. The summed E-state index contributed by atoms with van der Waals surface area (Å²) in [7, 11) is 1.25. The summed E-state index contributed by atoms with van der Waals surface area (Å²) >= 11 is 0. The van der Waals surface area contributed by atoms with Crippen molar-refractivity contribution in [1.82, 2.24) is 0 Å². The lowest BCUT2D eigenvalue weighted by Gasteiger charge is -2.12. The number of hydrogen-bond acceptors (Lipinski definition) is 5. The van der Waals surface area contributed by atoms with Crippen LogP contribution in [0.4, 0.5) is 0 Å². The maximum absolute atomic E-state index is 12.5. The number of benzene rings is 2. The first-order valence-electron chi connectivity index (χ1n) is 5.92. The normalized spacial score (nSPS) is 10.1. The Morgan fingerprint density at radius 2 is 1.71 bits per heavy atom. The Hall–Kier alpha value is -3.02. The molecule has 21 heavy (non-hydrogen) atoms. The number of carboxylic acids is 1. The lowest BCUT2D eigenvalue weighted by molar-refractivity contribution is 0.0691. The average molecular weight is 288 g/mol. The van der Waals surface area contributed by atoms with Crippen molar-refractivity contribution < 1.29 is 29.6 Å². The molecule has 0 amide bonds. The van der Waals surface area contributed by atoms with Gasteiger partial charge in [0, 0.05) is 6.07 Å². The third-order valence-corrected chi connectivity index (χ3v) is 2.91. The zero-order valence-corrected chi connectivity index (χ0v) is 11.0. The topological polar surface area (TPSA) is 104 Å². The fraction of sp³-hybridized carbons (Fsp3) is 0.0667. The molecular formula is C15H12O6. The minimum absolute atomic E-state index is 0.0519. The first-order chi connectivity index (χ1) is 9.95. The van der Waals surface area contributed by atoms with E-state index in [9.17, 15) is 24.9 Å². The predicted octanol–water partition coefficient (Wildman–Crippen LogP) is 2.04. The van der Waals surface area contributed by atoms with Gasteiger partial charge >= 0.3 is 5.97 Å². The summed E-state index contributed by atoms with van der Waals surface area (Å²) < 4.78 is 4.97. The second-order valence-electron chi connectivity index (χ2n) is 4.22. The predicted molar refractivity (Wildman–Crippen MR) is 73.2 cm³/mol. The summed E-state index contributed by atoms with van der Waals surface area (Å²) in [5.74, 6) is -2.78. The van der Waals surface area contributed by atoms with E-state index in [0.29, 0.717) is 0 Å². The maximum Gasteiger partial charge on any atom is 0.336 e. The van der Waals surface area contributed by atoms with Gasteiger partial charge in [0.05, 0.1) is 23.8 Å². The maximum atomic E-state index is 12.5. The van der Waals surface area contributed by atoms with Gasteiger partial charge in [0.2, 0.25) is 5.78 Å². The van der Waals surface area contributed by atoms with Crippen molar-refractivity contribution >= 4 is 11.8 Å². The van der Waals surface area contributed by atoms with Crippen molar-refractivity contribution in [1.29, 1.82) is 0 Å². The molecule has 3 N–H and O–H groups in total. The number of hydrogen-bond donors (Lipinski definition) is 3. The number of phenolic OH excluding ortho intramolecular Hbond substituents is 2. The molecule has 0 unspecified atom stereocenters. The molecule has 0 heterocycles.